The largest absolute Gasteiger partial charge is 0.523 e. The van der Waals surface area contributed by atoms with Gasteiger partial charge in [-0.2, -0.15) is 26.9 Å². The molecule has 0 unspecified atom stereocenters. The second-order valence-electron chi connectivity index (χ2n) is 5.11. The molecule has 0 radical (unpaired) electrons. The molecule has 24 heavy (non-hydrogen) atoms. The van der Waals surface area contributed by atoms with Crippen LogP contribution in [-0.2, 0) is 13.7 Å². The van der Waals surface area contributed by atoms with E-state index in [9.17, 15) is 21.6 Å². The second-order valence-corrected chi connectivity index (χ2v) is 9.93. The van der Waals surface area contributed by atoms with Crippen molar-refractivity contribution in [1.29, 1.82) is 5.26 Å². The van der Waals surface area contributed by atoms with Crippen molar-refractivity contribution >= 4 is 20.4 Å². The summed E-state index contributed by atoms with van der Waals surface area (Å²) in [6.45, 7) is 0.264. The number of nitrogens with zero attached hydrogens (tertiary/aromatic N) is 1. The van der Waals surface area contributed by atoms with Crippen molar-refractivity contribution in [3.63, 3.8) is 0 Å². The standard InChI is InChI=1S/C14H18F3NO4S2/c1-23(2,22-24(19,20)14(15,16)17)13-9-5-4-8-12(13)21-11-7-3-6-10-18/h4-5,8-9H,3,6-7,11H2,1-2H3. The van der Waals surface area contributed by atoms with Gasteiger partial charge in [0.2, 0.25) is 0 Å². The minimum atomic E-state index is -5.71. The van der Waals surface area contributed by atoms with E-state index in [4.69, 9.17) is 10.00 Å². The monoisotopic (exact) mass is 385 g/mol. The fourth-order valence-electron chi connectivity index (χ4n) is 1.76. The van der Waals surface area contributed by atoms with Crippen molar-refractivity contribution in [2.45, 2.75) is 29.7 Å². The molecule has 10 heteroatoms. The Morgan fingerprint density at radius 3 is 2.38 bits per heavy atom. The highest BCUT2D eigenvalue weighted by Crippen LogP contribution is 2.56. The van der Waals surface area contributed by atoms with Gasteiger partial charge in [0.1, 0.15) is 5.75 Å². The lowest BCUT2D eigenvalue weighted by Crippen LogP contribution is -2.26. The topological polar surface area (TPSA) is 76.4 Å². The Morgan fingerprint density at radius 2 is 1.79 bits per heavy atom. The molecule has 1 aromatic carbocycles. The number of nitriles is 1. The van der Waals surface area contributed by atoms with Gasteiger partial charge in [0.15, 0.2) is 0 Å². The zero-order valence-electron chi connectivity index (χ0n) is 13.2. The summed E-state index contributed by atoms with van der Waals surface area (Å²) in [4.78, 5) is 0.262. The molecule has 0 aromatic heterocycles. The molecule has 0 saturated carbocycles. The van der Waals surface area contributed by atoms with E-state index in [2.05, 4.69) is 3.63 Å². The molecule has 0 N–H and O–H groups in total. The Labute approximate surface area is 141 Å². The maximum Gasteiger partial charge on any atom is 0.523 e. The summed E-state index contributed by atoms with van der Waals surface area (Å²) in [5.74, 6) is 0.270. The van der Waals surface area contributed by atoms with Gasteiger partial charge in [-0.15, -0.1) is 0 Å². The fraction of sp³-hybridized carbons (Fsp3) is 0.500. The molecule has 0 amide bonds. The summed E-state index contributed by atoms with van der Waals surface area (Å²) in [6.07, 6.45) is 4.21. The van der Waals surface area contributed by atoms with Crippen molar-refractivity contribution in [2.75, 3.05) is 19.1 Å². The molecule has 0 aliphatic heterocycles. The highest BCUT2D eigenvalue weighted by atomic mass is 32.3. The first-order valence-corrected chi connectivity index (χ1v) is 10.6. The summed E-state index contributed by atoms with van der Waals surface area (Å²) in [5, 5.41) is 8.45. The number of unbranched alkanes of at least 4 members (excludes halogenated alkanes) is 2. The lowest BCUT2D eigenvalue weighted by molar-refractivity contribution is -0.0496. The van der Waals surface area contributed by atoms with Crippen LogP contribution in [-0.4, -0.2) is 33.0 Å². The van der Waals surface area contributed by atoms with Crippen molar-refractivity contribution < 1.29 is 30.0 Å². The van der Waals surface area contributed by atoms with Crippen LogP contribution in [0.1, 0.15) is 19.3 Å². The van der Waals surface area contributed by atoms with E-state index in [1.165, 1.54) is 24.6 Å². The van der Waals surface area contributed by atoms with E-state index in [1.807, 2.05) is 6.07 Å². The van der Waals surface area contributed by atoms with E-state index < -0.39 is 25.9 Å². The number of alkyl halides is 3. The molecule has 136 valence electrons. The van der Waals surface area contributed by atoms with Gasteiger partial charge in [0.25, 0.3) is 0 Å². The quantitative estimate of drug-likeness (QED) is 0.500. The van der Waals surface area contributed by atoms with Crippen LogP contribution in [0.3, 0.4) is 0 Å². The lowest BCUT2D eigenvalue weighted by Gasteiger charge is -2.31. The van der Waals surface area contributed by atoms with Gasteiger partial charge in [-0.05, 0) is 37.5 Å². The summed E-state index contributed by atoms with van der Waals surface area (Å²) in [6, 6.07) is 8.21. The summed E-state index contributed by atoms with van der Waals surface area (Å²) in [7, 11) is -8.47. The number of benzene rings is 1. The highest BCUT2D eigenvalue weighted by Gasteiger charge is 2.50. The van der Waals surface area contributed by atoms with E-state index in [0.29, 0.717) is 19.3 Å². The van der Waals surface area contributed by atoms with Gasteiger partial charge in [0, 0.05) is 6.42 Å². The van der Waals surface area contributed by atoms with E-state index >= 15 is 0 Å². The summed E-state index contributed by atoms with van der Waals surface area (Å²) >= 11 is 0. The molecule has 0 fully saturated rings. The Hall–Kier alpha value is -1.44. The van der Waals surface area contributed by atoms with Gasteiger partial charge < -0.3 is 4.74 Å². The smallest absolute Gasteiger partial charge is 0.492 e. The average Bonchev–Trinajstić information content (AvgIpc) is 2.45. The van der Waals surface area contributed by atoms with Crippen molar-refractivity contribution in [3.8, 4) is 11.8 Å². The van der Waals surface area contributed by atoms with Gasteiger partial charge in [-0.25, -0.2) is 3.63 Å². The van der Waals surface area contributed by atoms with Crippen LogP contribution >= 0.6 is 10.3 Å². The SMILES string of the molecule is CS(C)(OS(=O)(=O)C(F)(F)F)c1ccccc1OCCCCC#N. The molecular weight excluding hydrogens is 367 g/mol. The second kappa shape index (κ2) is 8.09. The third-order valence-electron chi connectivity index (χ3n) is 2.86. The molecule has 0 saturated heterocycles. The predicted molar refractivity (Wildman–Crippen MR) is 85.2 cm³/mol. The number of hydrogen-bond acceptors (Lipinski definition) is 5. The van der Waals surface area contributed by atoms with Crippen molar-refractivity contribution in [3.05, 3.63) is 24.3 Å². The molecule has 5 nitrogen and oxygen atoms in total. The van der Waals surface area contributed by atoms with E-state index in [-0.39, 0.29) is 17.3 Å². The number of ether oxygens (including phenoxy) is 1. The van der Waals surface area contributed by atoms with Crippen LogP contribution < -0.4 is 4.74 Å². The minimum Gasteiger partial charge on any atom is -0.492 e. The Kier molecular flexibility index (Phi) is 6.95. The summed E-state index contributed by atoms with van der Waals surface area (Å²) < 4.78 is 70.2. The highest BCUT2D eigenvalue weighted by molar-refractivity contribution is 8.32. The van der Waals surface area contributed by atoms with Gasteiger partial charge in [-0.3, -0.25) is 0 Å². The molecule has 0 bridgehead atoms. The van der Waals surface area contributed by atoms with Crippen LogP contribution in [0.25, 0.3) is 0 Å². The molecule has 1 rings (SSSR count). The zero-order valence-corrected chi connectivity index (χ0v) is 14.8. The average molecular weight is 385 g/mol. The third kappa shape index (κ3) is 5.58. The first kappa shape index (κ1) is 20.6. The lowest BCUT2D eigenvalue weighted by atomic mass is 10.2. The zero-order chi connectivity index (χ0) is 18.4. The normalized spacial score (nSPS) is 13.3. The molecule has 0 spiro atoms. The van der Waals surface area contributed by atoms with Crippen molar-refractivity contribution in [1.82, 2.24) is 0 Å². The Morgan fingerprint density at radius 1 is 1.17 bits per heavy atom. The number of rotatable bonds is 8. The molecule has 0 heterocycles. The van der Waals surface area contributed by atoms with Crippen LogP contribution in [0.4, 0.5) is 13.2 Å². The summed E-state index contributed by atoms with van der Waals surface area (Å²) in [5.41, 5.74) is -5.48. The van der Waals surface area contributed by atoms with Crippen LogP contribution in [0, 0.1) is 11.3 Å². The molecule has 0 aliphatic rings. The molecule has 0 aliphatic carbocycles. The van der Waals surface area contributed by atoms with Gasteiger partial charge >= 0.3 is 15.6 Å². The van der Waals surface area contributed by atoms with E-state index in [1.54, 1.807) is 12.1 Å². The van der Waals surface area contributed by atoms with E-state index in [0.717, 1.165) is 0 Å². The molecule has 1 aromatic rings. The maximum absolute atomic E-state index is 12.5. The van der Waals surface area contributed by atoms with Crippen LogP contribution in [0.15, 0.2) is 29.2 Å². The number of para-hydroxylation sites is 1. The third-order valence-corrected chi connectivity index (χ3v) is 6.90. The number of halogens is 3. The first-order valence-electron chi connectivity index (χ1n) is 6.86. The van der Waals surface area contributed by atoms with Gasteiger partial charge in [-0.1, -0.05) is 22.4 Å². The number of hydrogen-bond donors (Lipinski definition) is 0. The Balaban J connectivity index is 2.94. The van der Waals surface area contributed by atoms with Crippen LogP contribution in [0.2, 0.25) is 0 Å². The minimum absolute atomic E-state index is 0.262. The van der Waals surface area contributed by atoms with Crippen molar-refractivity contribution in [2.24, 2.45) is 0 Å². The first-order chi connectivity index (χ1) is 11.0. The van der Waals surface area contributed by atoms with Gasteiger partial charge in [0.05, 0.1) is 17.6 Å². The molecular formula is C14H18F3NO4S2. The van der Waals surface area contributed by atoms with Crippen LogP contribution in [0.5, 0.6) is 5.75 Å². The predicted octanol–water partition coefficient (Wildman–Crippen LogP) is 3.96. The maximum atomic E-state index is 12.5. The molecule has 0 atom stereocenters. The fourth-order valence-corrected chi connectivity index (χ4v) is 5.17. The Bertz CT molecular complexity index is 697.